The first-order valence-electron chi connectivity index (χ1n) is 11.0. The number of methoxy groups -OCH3 is 1. The van der Waals surface area contributed by atoms with Crippen LogP contribution in [0, 0.1) is 23.2 Å². The van der Waals surface area contributed by atoms with Gasteiger partial charge in [-0.1, -0.05) is 50.5 Å². The highest BCUT2D eigenvalue weighted by Crippen LogP contribution is 2.52. The highest BCUT2D eigenvalue weighted by molar-refractivity contribution is 5.86. The van der Waals surface area contributed by atoms with Gasteiger partial charge in [-0.15, -0.1) is 0 Å². The molecule has 0 heterocycles. The maximum atomic E-state index is 13.7. The molecule has 0 N–H and O–H groups in total. The fourth-order valence-electron chi connectivity index (χ4n) is 5.80. The lowest BCUT2D eigenvalue weighted by molar-refractivity contribution is -0.144. The molecule has 0 radical (unpaired) electrons. The topological polar surface area (TPSA) is 35.5 Å². The Morgan fingerprint density at radius 1 is 1.07 bits per heavy atom. The Labute approximate surface area is 169 Å². The second kappa shape index (κ2) is 8.02. The smallest absolute Gasteiger partial charge is 0.165 e. The van der Waals surface area contributed by atoms with Crippen molar-refractivity contribution in [3.63, 3.8) is 0 Å². The van der Waals surface area contributed by atoms with Crippen LogP contribution in [-0.4, -0.2) is 19.0 Å². The normalized spacial score (nSPS) is 32.0. The second-order valence-corrected chi connectivity index (χ2v) is 9.46. The van der Waals surface area contributed by atoms with E-state index in [2.05, 4.69) is 19.9 Å². The molecule has 2 fully saturated rings. The van der Waals surface area contributed by atoms with E-state index in [1.165, 1.54) is 19.3 Å². The number of hydrogen-bond acceptors (Lipinski definition) is 3. The number of ketones is 1. The minimum Gasteiger partial charge on any atom is -0.497 e. The summed E-state index contributed by atoms with van der Waals surface area (Å²) in [6.07, 6.45) is 10.1. The molecule has 0 unspecified atom stereocenters. The summed E-state index contributed by atoms with van der Waals surface area (Å²) in [6.45, 7) is 5.13. The van der Waals surface area contributed by atoms with Crippen molar-refractivity contribution in [2.75, 3.05) is 7.11 Å². The third-order valence-electron chi connectivity index (χ3n) is 7.66. The van der Waals surface area contributed by atoms with Gasteiger partial charge in [-0.25, -0.2) is 0 Å². The van der Waals surface area contributed by atoms with Crippen LogP contribution in [0.4, 0.5) is 0 Å². The maximum Gasteiger partial charge on any atom is 0.165 e. The molecule has 152 valence electrons. The lowest BCUT2D eigenvalue weighted by Crippen LogP contribution is -2.43. The molecular weight excluding hydrogens is 348 g/mol. The lowest BCUT2D eigenvalue weighted by atomic mass is 9.71. The fourth-order valence-corrected chi connectivity index (χ4v) is 5.80. The third-order valence-corrected chi connectivity index (χ3v) is 7.66. The Morgan fingerprint density at radius 2 is 1.82 bits per heavy atom. The summed E-state index contributed by atoms with van der Waals surface area (Å²) >= 11 is 0. The van der Waals surface area contributed by atoms with Crippen molar-refractivity contribution in [3.05, 3.63) is 41.5 Å². The molecule has 3 aliphatic carbocycles. The molecule has 4 atom stereocenters. The number of hydrogen-bond donors (Lipinski definition) is 0. The van der Waals surface area contributed by atoms with E-state index >= 15 is 0 Å². The average molecular weight is 383 g/mol. The van der Waals surface area contributed by atoms with Crippen LogP contribution in [0.15, 0.2) is 35.9 Å². The van der Waals surface area contributed by atoms with E-state index in [0.29, 0.717) is 18.3 Å². The Balaban J connectivity index is 1.59. The van der Waals surface area contributed by atoms with Gasteiger partial charge in [0, 0.05) is 11.8 Å². The number of ether oxygens (including phenoxy) is 2. The van der Waals surface area contributed by atoms with Gasteiger partial charge in [0.05, 0.1) is 13.7 Å². The zero-order chi connectivity index (χ0) is 19.7. The van der Waals surface area contributed by atoms with Crippen molar-refractivity contribution in [2.24, 2.45) is 23.2 Å². The summed E-state index contributed by atoms with van der Waals surface area (Å²) in [5.74, 6) is 2.20. The van der Waals surface area contributed by atoms with Crippen LogP contribution in [0.25, 0.3) is 0 Å². The van der Waals surface area contributed by atoms with Crippen molar-refractivity contribution < 1.29 is 14.3 Å². The van der Waals surface area contributed by atoms with Crippen LogP contribution in [0.1, 0.15) is 64.4 Å². The molecular formula is C25H34O3. The van der Waals surface area contributed by atoms with Crippen molar-refractivity contribution in [1.29, 1.82) is 0 Å². The Kier molecular flexibility index (Phi) is 5.64. The third kappa shape index (κ3) is 3.66. The molecule has 0 amide bonds. The maximum absolute atomic E-state index is 13.7. The van der Waals surface area contributed by atoms with Crippen LogP contribution in [0.5, 0.6) is 5.75 Å². The molecule has 0 spiro atoms. The van der Waals surface area contributed by atoms with Crippen molar-refractivity contribution >= 4 is 5.78 Å². The standard InChI is InChI=1S/C25H34O3/c1-25(2)19-11-10-18-6-4-5-7-21(18)23(26)24(22(25)15-12-19)28-16-17-8-13-20(27-3)14-9-17/h8-9,11,13-14,18,21-22,24H,4-7,10,12,15-16H2,1-3H3/t18-,21-,22-,24-/m1/s1. The number of carbonyl (C=O) groups is 1. The van der Waals surface area contributed by atoms with E-state index in [-0.39, 0.29) is 23.4 Å². The minimum absolute atomic E-state index is 0.0493. The Bertz CT molecular complexity index is 731. The van der Waals surface area contributed by atoms with Gasteiger partial charge in [0.25, 0.3) is 0 Å². The number of rotatable bonds is 4. The SMILES string of the molecule is COc1ccc(CO[C@H]2C(=O)[C@@H]3CCCC[C@@H]3CC=C3CC[C@H]2C3(C)C)cc1. The highest BCUT2D eigenvalue weighted by atomic mass is 16.5. The molecule has 3 heteroatoms. The Hall–Kier alpha value is -1.61. The van der Waals surface area contributed by atoms with Crippen LogP contribution in [0.3, 0.4) is 0 Å². The van der Waals surface area contributed by atoms with Gasteiger partial charge < -0.3 is 9.47 Å². The van der Waals surface area contributed by atoms with E-state index in [9.17, 15) is 4.79 Å². The molecule has 1 aromatic rings. The summed E-state index contributed by atoms with van der Waals surface area (Å²) in [7, 11) is 1.68. The molecule has 4 rings (SSSR count). The molecule has 28 heavy (non-hydrogen) atoms. The molecule has 2 saturated carbocycles. The van der Waals surface area contributed by atoms with Gasteiger partial charge >= 0.3 is 0 Å². The molecule has 3 nitrogen and oxygen atoms in total. The summed E-state index contributed by atoms with van der Waals surface area (Å²) in [5.41, 5.74) is 2.70. The number of allylic oxidation sites excluding steroid dienone is 2. The molecule has 2 bridgehead atoms. The molecule has 1 aromatic carbocycles. The van der Waals surface area contributed by atoms with E-state index in [1.54, 1.807) is 12.7 Å². The molecule has 0 saturated heterocycles. The summed E-state index contributed by atoms with van der Waals surface area (Å²) < 4.78 is 11.7. The molecule has 3 aliphatic rings. The second-order valence-electron chi connectivity index (χ2n) is 9.46. The van der Waals surface area contributed by atoms with Crippen LogP contribution in [-0.2, 0) is 16.1 Å². The molecule has 0 aromatic heterocycles. The van der Waals surface area contributed by atoms with E-state index in [4.69, 9.17) is 9.47 Å². The zero-order valence-corrected chi connectivity index (χ0v) is 17.6. The van der Waals surface area contributed by atoms with Gasteiger partial charge in [0.1, 0.15) is 11.9 Å². The van der Waals surface area contributed by atoms with Crippen molar-refractivity contribution in [1.82, 2.24) is 0 Å². The minimum atomic E-state index is -0.285. The van der Waals surface area contributed by atoms with E-state index in [0.717, 1.165) is 37.0 Å². The molecule has 0 aliphatic heterocycles. The lowest BCUT2D eigenvalue weighted by Gasteiger charge is -2.37. The predicted octanol–water partition coefficient (Wildman–Crippen LogP) is 5.72. The van der Waals surface area contributed by atoms with Crippen LogP contribution in [0.2, 0.25) is 0 Å². The number of benzene rings is 1. The van der Waals surface area contributed by atoms with Gasteiger partial charge in [-0.2, -0.15) is 0 Å². The number of fused-ring (bicyclic) bond motifs is 3. The monoisotopic (exact) mass is 382 g/mol. The quantitative estimate of drug-likeness (QED) is 0.625. The van der Waals surface area contributed by atoms with Gasteiger partial charge in [-0.05, 0) is 61.1 Å². The first kappa shape index (κ1) is 19.7. The van der Waals surface area contributed by atoms with Gasteiger partial charge in [0.15, 0.2) is 5.78 Å². The Morgan fingerprint density at radius 3 is 2.57 bits per heavy atom. The van der Waals surface area contributed by atoms with Crippen LogP contribution >= 0.6 is 0 Å². The predicted molar refractivity (Wildman–Crippen MR) is 111 cm³/mol. The van der Waals surface area contributed by atoms with Gasteiger partial charge in [0.2, 0.25) is 0 Å². The summed E-state index contributed by atoms with van der Waals surface area (Å²) in [5, 5.41) is 0. The zero-order valence-electron chi connectivity index (χ0n) is 17.6. The average Bonchev–Trinajstić information content (AvgIpc) is 3.02. The van der Waals surface area contributed by atoms with Crippen molar-refractivity contribution in [2.45, 2.75) is 71.5 Å². The van der Waals surface area contributed by atoms with E-state index < -0.39 is 0 Å². The first-order chi connectivity index (χ1) is 13.5. The fraction of sp³-hybridized carbons (Fsp3) is 0.640. The van der Waals surface area contributed by atoms with Crippen LogP contribution < -0.4 is 4.74 Å². The number of carbonyl (C=O) groups excluding carboxylic acids is 1. The summed E-state index contributed by atoms with van der Waals surface area (Å²) in [4.78, 5) is 13.7. The highest BCUT2D eigenvalue weighted by Gasteiger charge is 2.49. The largest absolute Gasteiger partial charge is 0.497 e. The van der Waals surface area contributed by atoms with Gasteiger partial charge in [-0.3, -0.25) is 4.79 Å². The van der Waals surface area contributed by atoms with E-state index in [1.807, 2.05) is 24.3 Å². The summed E-state index contributed by atoms with van der Waals surface area (Å²) in [6, 6.07) is 7.99. The number of Topliss-reactive ketones (excluding diaryl/α,β-unsaturated/α-hetero) is 1. The van der Waals surface area contributed by atoms with Crippen molar-refractivity contribution in [3.8, 4) is 5.75 Å². The first-order valence-corrected chi connectivity index (χ1v) is 11.0.